The van der Waals surface area contributed by atoms with Crippen molar-refractivity contribution >= 4 is 49.2 Å². The predicted octanol–water partition coefficient (Wildman–Crippen LogP) is 4.98. The minimum Gasteiger partial charge on any atom is -0.748 e. The summed E-state index contributed by atoms with van der Waals surface area (Å²) < 4.78 is 71.9. The molecule has 6 rings (SSSR count). The normalized spacial score (nSPS) is 25.6. The number of hydrogen-bond donors (Lipinski definition) is 2. The highest BCUT2D eigenvalue weighted by Gasteiger charge is 2.61. The van der Waals surface area contributed by atoms with Crippen LogP contribution in [-0.2, 0) is 35.9 Å². The van der Waals surface area contributed by atoms with Crippen LogP contribution in [-0.4, -0.2) is 67.8 Å². The summed E-state index contributed by atoms with van der Waals surface area (Å²) in [6, 6.07) is 10.1. The van der Waals surface area contributed by atoms with Crippen LogP contribution in [0.3, 0.4) is 0 Å². The second-order valence-corrected chi connectivity index (χ2v) is 19.0. The molecule has 0 aromatic heterocycles. The van der Waals surface area contributed by atoms with Gasteiger partial charge >= 0.3 is 0 Å². The Morgan fingerprint density at radius 1 is 0.825 bits per heavy atom. The monoisotopic (exact) mass is 815 g/mol. The van der Waals surface area contributed by atoms with E-state index in [0.717, 1.165) is 22.5 Å². The van der Waals surface area contributed by atoms with Crippen molar-refractivity contribution in [2.75, 3.05) is 23.7 Å². The van der Waals surface area contributed by atoms with E-state index in [1.807, 2.05) is 44.7 Å². The summed E-state index contributed by atoms with van der Waals surface area (Å²) in [7, 11) is -9.11. The van der Waals surface area contributed by atoms with Crippen molar-refractivity contribution in [3.8, 4) is 0 Å². The highest BCUT2D eigenvalue weighted by atomic mass is 32.2. The lowest BCUT2D eigenvalue weighted by Gasteiger charge is -2.39. The number of hydrogen-bond acceptors (Lipinski definition) is 10. The number of benzene rings is 2. The Kier molecular flexibility index (Phi) is 11.0. The van der Waals surface area contributed by atoms with E-state index in [1.54, 1.807) is 72.9 Å². The second-order valence-electron chi connectivity index (χ2n) is 16.0. The molecular formula is C42H47N4O9S2-. The molecule has 2 amide bonds. The molecule has 3 aliphatic heterocycles. The molecule has 4 aliphatic rings. The van der Waals surface area contributed by atoms with E-state index in [0.29, 0.717) is 59.5 Å². The minimum atomic E-state index is -4.71. The number of fused-ring (bicyclic) bond motifs is 3. The van der Waals surface area contributed by atoms with Crippen LogP contribution < -0.4 is 20.9 Å². The van der Waals surface area contributed by atoms with E-state index in [1.165, 1.54) is 0 Å². The number of amides is 2. The maximum Gasteiger partial charge on any atom is 0.248 e. The van der Waals surface area contributed by atoms with Crippen LogP contribution in [0.4, 0.5) is 11.4 Å². The largest absolute Gasteiger partial charge is 0.748 e. The molecule has 3 heterocycles. The Labute approximate surface area is 333 Å². The zero-order valence-electron chi connectivity index (χ0n) is 32.4. The molecule has 1 saturated carbocycles. The van der Waals surface area contributed by atoms with Crippen LogP contribution in [0.2, 0.25) is 0 Å². The van der Waals surface area contributed by atoms with E-state index < -0.39 is 54.0 Å². The molecule has 1 saturated heterocycles. The maximum atomic E-state index is 13.4. The number of rotatable bonds is 11. The number of nitrogens with two attached hydrogens (primary N) is 2. The third kappa shape index (κ3) is 7.74. The Bertz CT molecular complexity index is 2470. The van der Waals surface area contributed by atoms with Crippen LogP contribution in [0.5, 0.6) is 0 Å². The minimum absolute atomic E-state index is 0.102. The van der Waals surface area contributed by atoms with Gasteiger partial charge in [-0.25, -0.2) is 21.3 Å². The van der Waals surface area contributed by atoms with Crippen molar-refractivity contribution in [1.82, 2.24) is 4.48 Å². The molecular weight excluding hydrogens is 769 g/mol. The number of carbonyl (C=O) groups excluding carboxylic acids is 3. The first-order chi connectivity index (χ1) is 26.6. The van der Waals surface area contributed by atoms with Crippen molar-refractivity contribution in [1.29, 1.82) is 0 Å². The number of ketones is 1. The van der Waals surface area contributed by atoms with Crippen molar-refractivity contribution < 1.29 is 40.3 Å². The number of carbonyl (C=O) groups is 3. The van der Waals surface area contributed by atoms with Gasteiger partial charge in [-0.2, -0.15) is 0 Å². The van der Waals surface area contributed by atoms with Gasteiger partial charge in [0.05, 0.1) is 22.1 Å². The number of anilines is 1. The number of primary amides is 2. The molecule has 0 bridgehead atoms. The zero-order valence-corrected chi connectivity index (χ0v) is 34.0. The first-order valence-corrected chi connectivity index (χ1v) is 21.8. The van der Waals surface area contributed by atoms with Gasteiger partial charge in [-0.3, -0.25) is 14.4 Å². The molecule has 4 N–H and O–H groups in total. The standard InChI is InChI=1S/C42H48N4O9S2/c1-41(2)31-25-29(39(43)48)18-20-33(31)45(22-10-24-56(50,51)52)35(41)13-7-5-11-27-16-17-28(38(27)47)12-6-8-14-36-42(3,4)32-26-30(40(44)49)19-21-34(32)46(36)23-9-15-37(46)57(53,54)55/h5-8,11-14,18-21,25-26,37H,9-10,15-17,22-24H2,1-4H3,(H5-,43,44,48,49,50,51,52,53,54,55)/p-1. The smallest absolute Gasteiger partial charge is 0.248 e. The topological polar surface area (TPSA) is 221 Å². The first kappa shape index (κ1) is 41.7. The predicted molar refractivity (Wildman–Crippen MR) is 217 cm³/mol. The average Bonchev–Trinajstić information content (AvgIpc) is 3.82. The quantitative estimate of drug-likeness (QED) is 0.176. The fourth-order valence-electron chi connectivity index (χ4n) is 9.07. The molecule has 302 valence electrons. The second kappa shape index (κ2) is 15.1. The Balaban J connectivity index is 1.24. The summed E-state index contributed by atoms with van der Waals surface area (Å²) in [5.74, 6) is -1.80. The number of Topliss-reactive ketones (excluding diaryl/α,β-unsaturated/α-hetero) is 1. The summed E-state index contributed by atoms with van der Waals surface area (Å²) in [5, 5.41) is -1.22. The third-order valence-electron chi connectivity index (χ3n) is 11.8. The van der Waals surface area contributed by atoms with Gasteiger partial charge < -0.3 is 25.5 Å². The molecule has 0 radical (unpaired) electrons. The SMILES string of the molecule is CC1(C)C(=CC=CC=C2CCC(=CC=CC=C3C(C)(C)c4cc(C(N)=O)ccc4[N+]34CCCC4S(=O)(=O)[O-])C2=O)N(CCCS(=O)(=O)[O-])c2ccc(C(N)=O)cc21. The Morgan fingerprint density at radius 2 is 1.39 bits per heavy atom. The van der Waals surface area contributed by atoms with Crippen LogP contribution in [0.1, 0.15) is 91.6 Å². The molecule has 1 aliphatic carbocycles. The van der Waals surface area contributed by atoms with Gasteiger partial charge in [0.25, 0.3) is 0 Å². The molecule has 2 aromatic rings. The third-order valence-corrected chi connectivity index (χ3v) is 13.8. The van der Waals surface area contributed by atoms with Gasteiger partial charge in [0.2, 0.25) is 11.8 Å². The van der Waals surface area contributed by atoms with Crippen molar-refractivity contribution in [3.63, 3.8) is 0 Å². The summed E-state index contributed by atoms with van der Waals surface area (Å²) in [5.41, 5.74) is 16.1. The number of quaternary nitrogens is 1. The highest BCUT2D eigenvalue weighted by molar-refractivity contribution is 7.86. The van der Waals surface area contributed by atoms with Crippen LogP contribution in [0.15, 0.2) is 108 Å². The molecule has 2 fully saturated rings. The van der Waals surface area contributed by atoms with E-state index in [-0.39, 0.29) is 29.7 Å². The molecule has 57 heavy (non-hydrogen) atoms. The van der Waals surface area contributed by atoms with E-state index >= 15 is 0 Å². The molecule has 2 aromatic carbocycles. The summed E-state index contributed by atoms with van der Waals surface area (Å²) in [4.78, 5) is 39.3. The highest BCUT2D eigenvalue weighted by Crippen LogP contribution is 2.57. The lowest BCUT2D eigenvalue weighted by atomic mass is 9.83. The Morgan fingerprint density at radius 3 is 1.96 bits per heavy atom. The molecule has 2 atom stereocenters. The first-order valence-electron chi connectivity index (χ1n) is 18.7. The average molecular weight is 816 g/mol. The summed E-state index contributed by atoms with van der Waals surface area (Å²) in [6.07, 6.45) is 16.1. The van der Waals surface area contributed by atoms with Crippen LogP contribution in [0.25, 0.3) is 0 Å². The summed E-state index contributed by atoms with van der Waals surface area (Å²) in [6.45, 7) is 8.47. The van der Waals surface area contributed by atoms with Gasteiger partial charge in [0, 0.05) is 75.8 Å². The van der Waals surface area contributed by atoms with Gasteiger partial charge in [0.15, 0.2) is 21.3 Å². The fourth-order valence-corrected chi connectivity index (χ4v) is 10.8. The van der Waals surface area contributed by atoms with Crippen molar-refractivity contribution in [2.24, 2.45) is 11.5 Å². The molecule has 1 spiro atoms. The lowest BCUT2D eigenvalue weighted by Crippen LogP contribution is -2.55. The molecule has 13 nitrogen and oxygen atoms in total. The zero-order chi connectivity index (χ0) is 41.7. The Hall–Kier alpha value is -4.93. The van der Waals surface area contributed by atoms with Gasteiger partial charge in [0.1, 0.15) is 11.4 Å². The number of allylic oxidation sites excluding steroid dienone is 12. The fraction of sp³-hybridized carbons (Fsp3) is 0.357. The van der Waals surface area contributed by atoms with Crippen molar-refractivity contribution in [3.05, 3.63) is 130 Å². The maximum absolute atomic E-state index is 13.4. The molecule has 2 unspecified atom stereocenters. The van der Waals surface area contributed by atoms with Crippen LogP contribution in [0, 0.1) is 0 Å². The van der Waals surface area contributed by atoms with Crippen molar-refractivity contribution in [2.45, 2.75) is 76.0 Å². The van der Waals surface area contributed by atoms with E-state index in [9.17, 15) is 40.3 Å². The number of nitrogens with zero attached hydrogens (tertiary/aromatic N) is 2. The lowest BCUT2D eigenvalue weighted by molar-refractivity contribution is -0.111. The summed E-state index contributed by atoms with van der Waals surface area (Å²) >= 11 is 0. The van der Waals surface area contributed by atoms with Gasteiger partial charge in [-0.15, -0.1) is 0 Å². The van der Waals surface area contributed by atoms with Gasteiger partial charge in [-0.05, 0) is 81.2 Å². The molecule has 15 heteroatoms. The van der Waals surface area contributed by atoms with Gasteiger partial charge in [-0.1, -0.05) is 50.3 Å². The van der Waals surface area contributed by atoms with E-state index in [4.69, 9.17) is 11.5 Å². The van der Waals surface area contributed by atoms with E-state index in [2.05, 4.69) is 0 Å². The van der Waals surface area contributed by atoms with Crippen LogP contribution >= 0.6 is 0 Å².